The standard InChI is InChI=1S/C51H99NO4/c1-3-5-7-9-11-13-15-17-19-21-22-23-24-25-26-27-29-30-32-34-36-38-40-42-44-48(54)46-51(56)52-49(47-53)50(55)45-43-41-39-37-35-33-31-28-20-18-16-14-12-10-8-6-4-2/h35,37,43,45,48-50,53-55H,3-34,36,38-42,44,46-47H2,1-2H3,(H,52,56)/b37-35+,45-43+. The van der Waals surface area contributed by atoms with E-state index in [1.165, 1.54) is 212 Å². The van der Waals surface area contributed by atoms with Crippen LogP contribution in [0.1, 0.15) is 271 Å². The van der Waals surface area contributed by atoms with Crippen molar-refractivity contribution < 1.29 is 20.1 Å². The third-order valence-electron chi connectivity index (χ3n) is 11.7. The third kappa shape index (κ3) is 42.4. The summed E-state index contributed by atoms with van der Waals surface area (Å²) in [5.41, 5.74) is 0. The van der Waals surface area contributed by atoms with Gasteiger partial charge in [0.15, 0.2) is 0 Å². The number of unbranched alkanes of at least 4 members (excludes halogenated alkanes) is 35. The molecule has 0 aliphatic rings. The highest BCUT2D eigenvalue weighted by atomic mass is 16.3. The van der Waals surface area contributed by atoms with Crippen LogP contribution in [0.25, 0.3) is 0 Å². The first-order valence-corrected chi connectivity index (χ1v) is 25.1. The average Bonchev–Trinajstić information content (AvgIpc) is 3.19. The second-order valence-corrected chi connectivity index (χ2v) is 17.4. The van der Waals surface area contributed by atoms with Gasteiger partial charge in [0.1, 0.15) is 0 Å². The molecule has 1 amide bonds. The Balaban J connectivity index is 3.60. The quantitative estimate of drug-likeness (QED) is 0.0365. The molecule has 4 N–H and O–H groups in total. The molecule has 0 fully saturated rings. The fourth-order valence-corrected chi connectivity index (χ4v) is 7.89. The topological polar surface area (TPSA) is 89.8 Å². The Bertz CT molecular complexity index is 829. The van der Waals surface area contributed by atoms with E-state index in [0.717, 1.165) is 32.1 Å². The lowest BCUT2D eigenvalue weighted by Gasteiger charge is -2.21. The fraction of sp³-hybridized carbons (Fsp3) is 0.902. The number of hydrogen-bond acceptors (Lipinski definition) is 4. The van der Waals surface area contributed by atoms with Crippen molar-refractivity contribution in [3.63, 3.8) is 0 Å². The molecule has 5 nitrogen and oxygen atoms in total. The maximum absolute atomic E-state index is 12.5. The van der Waals surface area contributed by atoms with Crippen molar-refractivity contribution >= 4 is 5.91 Å². The van der Waals surface area contributed by atoms with E-state index in [4.69, 9.17) is 0 Å². The summed E-state index contributed by atoms with van der Waals surface area (Å²) in [7, 11) is 0. The summed E-state index contributed by atoms with van der Waals surface area (Å²) in [4.78, 5) is 12.5. The Morgan fingerprint density at radius 2 is 0.768 bits per heavy atom. The molecule has 0 aliphatic heterocycles. The Kier molecular flexibility index (Phi) is 45.5. The predicted octanol–water partition coefficient (Wildman–Crippen LogP) is 14.9. The summed E-state index contributed by atoms with van der Waals surface area (Å²) >= 11 is 0. The van der Waals surface area contributed by atoms with Gasteiger partial charge >= 0.3 is 0 Å². The molecule has 0 radical (unpaired) electrons. The molecule has 0 saturated carbocycles. The van der Waals surface area contributed by atoms with Gasteiger partial charge in [0.25, 0.3) is 0 Å². The van der Waals surface area contributed by atoms with E-state index >= 15 is 0 Å². The molecule has 0 saturated heterocycles. The second-order valence-electron chi connectivity index (χ2n) is 17.4. The minimum Gasteiger partial charge on any atom is -0.394 e. The van der Waals surface area contributed by atoms with E-state index in [1.54, 1.807) is 6.08 Å². The van der Waals surface area contributed by atoms with E-state index in [9.17, 15) is 20.1 Å². The Hall–Kier alpha value is -1.17. The molecule has 3 atom stereocenters. The van der Waals surface area contributed by atoms with Crippen LogP contribution in [0.2, 0.25) is 0 Å². The highest BCUT2D eigenvalue weighted by Gasteiger charge is 2.20. The van der Waals surface area contributed by atoms with Gasteiger partial charge in [0, 0.05) is 0 Å². The molecular weight excluding hydrogens is 691 g/mol. The summed E-state index contributed by atoms with van der Waals surface area (Å²) in [5.74, 6) is -0.321. The first-order chi connectivity index (χ1) is 27.5. The number of aliphatic hydroxyl groups is 3. The number of nitrogens with one attached hydrogen (secondary N) is 1. The highest BCUT2D eigenvalue weighted by Crippen LogP contribution is 2.17. The molecular formula is C51H99NO4. The minimum absolute atomic E-state index is 0.0101. The number of carbonyl (C=O) groups excluding carboxylic acids is 1. The number of rotatable bonds is 46. The van der Waals surface area contributed by atoms with Gasteiger partial charge in [0.2, 0.25) is 5.91 Å². The minimum atomic E-state index is -0.949. The number of hydrogen-bond donors (Lipinski definition) is 4. The lowest BCUT2D eigenvalue weighted by molar-refractivity contribution is -0.124. The van der Waals surface area contributed by atoms with E-state index in [0.29, 0.717) is 6.42 Å². The maximum Gasteiger partial charge on any atom is 0.222 e. The van der Waals surface area contributed by atoms with Crippen molar-refractivity contribution in [1.82, 2.24) is 5.32 Å². The molecule has 332 valence electrons. The smallest absolute Gasteiger partial charge is 0.222 e. The normalized spacial score (nSPS) is 13.6. The van der Waals surface area contributed by atoms with Crippen LogP contribution in [-0.4, -0.2) is 46.1 Å². The van der Waals surface area contributed by atoms with Crippen LogP contribution in [-0.2, 0) is 4.79 Å². The van der Waals surface area contributed by atoms with Crippen LogP contribution >= 0.6 is 0 Å². The first-order valence-electron chi connectivity index (χ1n) is 25.1. The van der Waals surface area contributed by atoms with Crippen LogP contribution in [0, 0.1) is 0 Å². The third-order valence-corrected chi connectivity index (χ3v) is 11.7. The van der Waals surface area contributed by atoms with Gasteiger partial charge in [-0.1, -0.05) is 256 Å². The summed E-state index contributed by atoms with van der Waals surface area (Å²) in [6.45, 7) is 4.22. The van der Waals surface area contributed by atoms with Crippen molar-refractivity contribution in [3.8, 4) is 0 Å². The highest BCUT2D eigenvalue weighted by molar-refractivity contribution is 5.76. The zero-order valence-electron chi connectivity index (χ0n) is 37.8. The average molecular weight is 790 g/mol. The number of allylic oxidation sites excluding steroid dienone is 3. The molecule has 0 aromatic heterocycles. The van der Waals surface area contributed by atoms with Gasteiger partial charge in [-0.3, -0.25) is 4.79 Å². The predicted molar refractivity (Wildman–Crippen MR) is 245 cm³/mol. The fourth-order valence-electron chi connectivity index (χ4n) is 7.89. The lowest BCUT2D eigenvalue weighted by atomic mass is 10.0. The summed E-state index contributed by atoms with van der Waals surface area (Å²) in [5, 5.41) is 33.3. The first kappa shape index (κ1) is 54.8. The van der Waals surface area contributed by atoms with E-state index in [1.807, 2.05) is 6.08 Å². The van der Waals surface area contributed by atoms with Crippen LogP contribution < -0.4 is 5.32 Å². The van der Waals surface area contributed by atoms with Crippen LogP contribution in [0.5, 0.6) is 0 Å². The van der Waals surface area contributed by atoms with Crippen molar-refractivity contribution in [2.75, 3.05) is 6.61 Å². The summed E-state index contributed by atoms with van der Waals surface area (Å²) < 4.78 is 0. The Labute approximate surface area is 350 Å². The van der Waals surface area contributed by atoms with E-state index in [-0.39, 0.29) is 18.9 Å². The van der Waals surface area contributed by atoms with Gasteiger partial charge in [-0.25, -0.2) is 0 Å². The van der Waals surface area contributed by atoms with Gasteiger partial charge in [-0.2, -0.15) is 0 Å². The Morgan fingerprint density at radius 3 is 1.14 bits per heavy atom. The molecule has 56 heavy (non-hydrogen) atoms. The van der Waals surface area contributed by atoms with Gasteiger partial charge < -0.3 is 20.6 Å². The van der Waals surface area contributed by atoms with E-state index < -0.39 is 18.2 Å². The monoisotopic (exact) mass is 790 g/mol. The number of carbonyl (C=O) groups is 1. The number of aliphatic hydroxyl groups excluding tert-OH is 3. The summed E-state index contributed by atoms with van der Waals surface area (Å²) in [6.07, 6.45) is 57.7. The Morgan fingerprint density at radius 1 is 0.446 bits per heavy atom. The largest absolute Gasteiger partial charge is 0.394 e. The zero-order valence-corrected chi connectivity index (χ0v) is 37.8. The van der Waals surface area contributed by atoms with Crippen LogP contribution in [0.15, 0.2) is 24.3 Å². The van der Waals surface area contributed by atoms with Gasteiger partial charge in [-0.15, -0.1) is 0 Å². The number of amides is 1. The molecule has 0 rings (SSSR count). The second kappa shape index (κ2) is 46.5. The molecule has 0 aliphatic carbocycles. The molecule has 0 aromatic carbocycles. The van der Waals surface area contributed by atoms with Crippen LogP contribution in [0.4, 0.5) is 0 Å². The lowest BCUT2D eigenvalue weighted by Crippen LogP contribution is -2.45. The molecule has 0 heterocycles. The van der Waals surface area contributed by atoms with Crippen molar-refractivity contribution in [3.05, 3.63) is 24.3 Å². The van der Waals surface area contributed by atoms with Crippen molar-refractivity contribution in [1.29, 1.82) is 0 Å². The SMILES string of the molecule is CCCCCCCCCCCCC/C=C/CC/C=C/C(O)C(CO)NC(=O)CC(O)CCCCCCCCCCCCCCCCCCCCCCCCCC. The molecule has 0 aromatic rings. The molecule has 0 spiro atoms. The van der Waals surface area contributed by atoms with E-state index in [2.05, 4.69) is 31.3 Å². The molecule has 3 unspecified atom stereocenters. The maximum atomic E-state index is 12.5. The summed E-state index contributed by atoms with van der Waals surface area (Å²) in [6, 6.07) is -0.758. The van der Waals surface area contributed by atoms with Gasteiger partial charge in [0.05, 0.1) is 31.3 Å². The van der Waals surface area contributed by atoms with Gasteiger partial charge in [-0.05, 0) is 32.1 Å². The van der Waals surface area contributed by atoms with Crippen molar-refractivity contribution in [2.45, 2.75) is 289 Å². The molecule has 0 bridgehead atoms. The molecule has 5 heteroatoms. The van der Waals surface area contributed by atoms with Crippen LogP contribution in [0.3, 0.4) is 0 Å². The van der Waals surface area contributed by atoms with Crippen molar-refractivity contribution in [2.24, 2.45) is 0 Å². The zero-order chi connectivity index (χ0) is 40.8.